The van der Waals surface area contributed by atoms with Crippen LogP contribution in [-0.4, -0.2) is 27.3 Å². The molecule has 2 heterocycles. The van der Waals surface area contributed by atoms with E-state index in [1.807, 2.05) is 30.3 Å². The number of aromatic nitrogens is 3. The molecule has 4 aromatic rings. The number of carbonyl (C=O) groups excluding carboxylic acids is 1. The third-order valence-corrected chi connectivity index (χ3v) is 4.11. The van der Waals surface area contributed by atoms with Gasteiger partial charge in [-0.2, -0.15) is 5.10 Å². The van der Waals surface area contributed by atoms with Gasteiger partial charge in [0, 0.05) is 12.3 Å². The Morgan fingerprint density at radius 2 is 1.75 bits per heavy atom. The molecule has 1 N–H and O–H groups in total. The van der Waals surface area contributed by atoms with Gasteiger partial charge in [-0.3, -0.25) is 4.79 Å². The van der Waals surface area contributed by atoms with Gasteiger partial charge >= 0.3 is 5.97 Å². The number of aromatic amines is 1. The normalized spacial score (nSPS) is 10.8. The second-order valence-electron chi connectivity index (χ2n) is 5.96. The maximum Gasteiger partial charge on any atom is 0.359 e. The lowest BCUT2D eigenvalue weighted by Crippen LogP contribution is -2.12. The molecule has 0 spiro atoms. The van der Waals surface area contributed by atoms with E-state index in [0.29, 0.717) is 17.0 Å². The number of carbonyl (C=O) groups is 1. The first kappa shape index (κ1) is 17.5. The van der Waals surface area contributed by atoms with Crippen LogP contribution in [0.25, 0.3) is 16.7 Å². The molecule has 2 aromatic heterocycles. The highest BCUT2D eigenvalue weighted by molar-refractivity contribution is 6.00. The van der Waals surface area contributed by atoms with Crippen LogP contribution in [0.15, 0.2) is 71.7 Å². The fourth-order valence-electron chi connectivity index (χ4n) is 2.86. The lowest BCUT2D eigenvalue weighted by molar-refractivity contribution is 0.0518. The minimum Gasteiger partial charge on any atom is -0.461 e. The van der Waals surface area contributed by atoms with Gasteiger partial charge in [0.1, 0.15) is 17.0 Å². The predicted octanol–water partition coefficient (Wildman–Crippen LogP) is 3.68. The zero-order valence-electron chi connectivity index (χ0n) is 15.1. The van der Waals surface area contributed by atoms with Crippen molar-refractivity contribution in [3.63, 3.8) is 0 Å². The van der Waals surface area contributed by atoms with Crippen LogP contribution in [-0.2, 0) is 4.74 Å². The number of fused-ring (bicyclic) bond motifs is 1. The number of benzene rings is 2. The Hall–Kier alpha value is -3.87. The van der Waals surface area contributed by atoms with Crippen molar-refractivity contribution in [3.8, 4) is 17.2 Å². The van der Waals surface area contributed by atoms with Crippen LogP contribution in [0.3, 0.4) is 0 Å². The van der Waals surface area contributed by atoms with Crippen molar-refractivity contribution in [1.82, 2.24) is 14.8 Å². The summed E-state index contributed by atoms with van der Waals surface area (Å²) in [6.07, 6.45) is 1.48. The van der Waals surface area contributed by atoms with Gasteiger partial charge in [-0.1, -0.05) is 18.2 Å². The summed E-state index contributed by atoms with van der Waals surface area (Å²) in [5, 5.41) is 4.33. The number of pyridine rings is 1. The molecule has 0 amide bonds. The molecule has 28 heavy (non-hydrogen) atoms. The Balaban J connectivity index is 1.76. The average Bonchev–Trinajstić information content (AvgIpc) is 3.11. The molecule has 2 aromatic carbocycles. The van der Waals surface area contributed by atoms with Crippen LogP contribution in [0.4, 0.5) is 0 Å². The second-order valence-corrected chi connectivity index (χ2v) is 5.96. The molecule has 0 unspecified atom stereocenters. The summed E-state index contributed by atoms with van der Waals surface area (Å²) in [4.78, 5) is 27.6. The number of nitrogens with one attached hydrogen (secondary N) is 1. The zero-order chi connectivity index (χ0) is 19.5. The van der Waals surface area contributed by atoms with E-state index in [4.69, 9.17) is 9.47 Å². The molecular weight excluding hydrogens is 358 g/mol. The third kappa shape index (κ3) is 3.25. The highest BCUT2D eigenvalue weighted by atomic mass is 16.5. The topological polar surface area (TPSA) is 86.2 Å². The number of hydrogen-bond donors (Lipinski definition) is 1. The van der Waals surface area contributed by atoms with E-state index in [0.717, 1.165) is 5.75 Å². The first-order valence-electron chi connectivity index (χ1n) is 8.78. The molecule has 4 rings (SSSR count). The van der Waals surface area contributed by atoms with Crippen LogP contribution in [0.1, 0.15) is 17.4 Å². The van der Waals surface area contributed by atoms with Gasteiger partial charge < -0.3 is 14.5 Å². The third-order valence-electron chi connectivity index (χ3n) is 4.11. The summed E-state index contributed by atoms with van der Waals surface area (Å²) < 4.78 is 12.3. The number of nitrogens with zero attached hydrogens (tertiary/aromatic N) is 2. The molecule has 0 aliphatic carbocycles. The van der Waals surface area contributed by atoms with E-state index in [9.17, 15) is 9.59 Å². The number of ether oxygens (including phenoxy) is 2. The van der Waals surface area contributed by atoms with E-state index in [1.54, 1.807) is 31.2 Å². The van der Waals surface area contributed by atoms with E-state index in [-0.39, 0.29) is 23.2 Å². The predicted molar refractivity (Wildman–Crippen MR) is 104 cm³/mol. The van der Waals surface area contributed by atoms with Crippen LogP contribution in [0.5, 0.6) is 11.5 Å². The Kier molecular flexibility index (Phi) is 4.63. The first-order valence-corrected chi connectivity index (χ1v) is 8.78. The van der Waals surface area contributed by atoms with Gasteiger partial charge in [0.05, 0.1) is 12.3 Å². The monoisotopic (exact) mass is 375 g/mol. The minimum atomic E-state index is -0.559. The van der Waals surface area contributed by atoms with E-state index in [2.05, 4.69) is 10.1 Å². The lowest BCUT2D eigenvalue weighted by atomic mass is 10.2. The summed E-state index contributed by atoms with van der Waals surface area (Å²) in [6, 6.07) is 17.8. The first-order chi connectivity index (χ1) is 13.7. The second kappa shape index (κ2) is 7.40. The van der Waals surface area contributed by atoms with Gasteiger partial charge in [0.2, 0.25) is 5.43 Å². The van der Waals surface area contributed by atoms with Crippen molar-refractivity contribution in [3.05, 3.63) is 82.8 Å². The maximum atomic E-state index is 12.5. The van der Waals surface area contributed by atoms with Crippen LogP contribution >= 0.6 is 0 Å². The van der Waals surface area contributed by atoms with Crippen LogP contribution in [0, 0.1) is 0 Å². The van der Waals surface area contributed by atoms with Crippen molar-refractivity contribution < 1.29 is 14.3 Å². The molecule has 0 atom stereocenters. The summed E-state index contributed by atoms with van der Waals surface area (Å²) in [5.41, 5.74) is 1.02. The standard InChI is InChI=1S/C21H17N3O4/c1-2-27-21(26)20-19-18(17(25)12-13-22-19)23-24(20)14-8-10-16(11-9-14)28-15-6-4-3-5-7-15/h3-13,22H,2H2,1H3. The molecule has 0 aliphatic rings. The Morgan fingerprint density at radius 1 is 1.04 bits per heavy atom. The van der Waals surface area contributed by atoms with Crippen LogP contribution in [0.2, 0.25) is 0 Å². The number of para-hydroxylation sites is 1. The fraction of sp³-hybridized carbons (Fsp3) is 0.0952. The highest BCUT2D eigenvalue weighted by Crippen LogP contribution is 2.24. The van der Waals surface area contributed by atoms with Crippen LogP contribution < -0.4 is 10.2 Å². The molecule has 7 heteroatoms. The molecule has 0 radical (unpaired) electrons. The van der Waals surface area contributed by atoms with Crippen molar-refractivity contribution in [2.24, 2.45) is 0 Å². The van der Waals surface area contributed by atoms with E-state index >= 15 is 0 Å². The fourth-order valence-corrected chi connectivity index (χ4v) is 2.86. The molecule has 0 fully saturated rings. The van der Waals surface area contributed by atoms with Gasteiger partial charge in [-0.05, 0) is 43.3 Å². The van der Waals surface area contributed by atoms with E-state index in [1.165, 1.54) is 16.9 Å². The average molecular weight is 375 g/mol. The van der Waals surface area contributed by atoms with Gasteiger partial charge in [-0.15, -0.1) is 0 Å². The summed E-state index contributed by atoms with van der Waals surface area (Å²) >= 11 is 0. The number of esters is 1. The van der Waals surface area contributed by atoms with Gasteiger partial charge in [0.25, 0.3) is 0 Å². The van der Waals surface area contributed by atoms with Crippen molar-refractivity contribution >= 4 is 17.0 Å². The number of H-pyrrole nitrogens is 1. The van der Waals surface area contributed by atoms with Gasteiger partial charge in [0.15, 0.2) is 11.2 Å². The molecule has 0 aliphatic heterocycles. The maximum absolute atomic E-state index is 12.5. The van der Waals surface area contributed by atoms with Crippen molar-refractivity contribution in [1.29, 1.82) is 0 Å². The molecule has 0 bridgehead atoms. The smallest absolute Gasteiger partial charge is 0.359 e. The molecular formula is C21H17N3O4. The summed E-state index contributed by atoms with van der Waals surface area (Å²) in [7, 11) is 0. The van der Waals surface area contributed by atoms with Gasteiger partial charge in [-0.25, -0.2) is 9.48 Å². The quantitative estimate of drug-likeness (QED) is 0.538. The highest BCUT2D eigenvalue weighted by Gasteiger charge is 2.22. The van der Waals surface area contributed by atoms with E-state index < -0.39 is 5.97 Å². The molecule has 0 saturated carbocycles. The molecule has 140 valence electrons. The SMILES string of the molecule is CCOC(=O)c1c2[nH]ccc(=O)c2nn1-c1ccc(Oc2ccccc2)cc1. The lowest BCUT2D eigenvalue weighted by Gasteiger charge is -2.09. The number of rotatable bonds is 5. The Morgan fingerprint density at radius 3 is 2.46 bits per heavy atom. The molecule has 0 saturated heterocycles. The largest absolute Gasteiger partial charge is 0.461 e. The minimum absolute atomic E-state index is 0.172. The van der Waals surface area contributed by atoms with Crippen molar-refractivity contribution in [2.45, 2.75) is 6.92 Å². The Bertz CT molecular complexity index is 1180. The number of hydrogen-bond acceptors (Lipinski definition) is 5. The summed E-state index contributed by atoms with van der Waals surface area (Å²) in [5.74, 6) is 0.801. The zero-order valence-corrected chi connectivity index (χ0v) is 15.1. The molecule has 7 nitrogen and oxygen atoms in total. The summed E-state index contributed by atoms with van der Waals surface area (Å²) in [6.45, 7) is 1.94. The Labute approximate surface area is 160 Å². The van der Waals surface area contributed by atoms with Crippen molar-refractivity contribution in [2.75, 3.05) is 6.61 Å².